The van der Waals surface area contributed by atoms with Crippen LogP contribution >= 0.6 is 11.3 Å². The molecule has 2 aromatic heterocycles. The van der Waals surface area contributed by atoms with Gasteiger partial charge in [-0.15, -0.1) is 0 Å². The number of methoxy groups -OCH3 is 2. The second kappa shape index (κ2) is 11.5. The summed E-state index contributed by atoms with van der Waals surface area (Å²) in [6, 6.07) is 14.4. The lowest BCUT2D eigenvalue weighted by molar-refractivity contribution is -0.120. The summed E-state index contributed by atoms with van der Waals surface area (Å²) in [6.07, 6.45) is -0.463. The van der Waals surface area contributed by atoms with Gasteiger partial charge in [0.15, 0.2) is 27.1 Å². The van der Waals surface area contributed by atoms with E-state index in [4.69, 9.17) is 9.47 Å². The SMILES string of the molecule is COc1ccc(Cn2c(C(F)F)nc3sc(N4CCC[C@@H]4C(=O)CCc4ccccc4)nc3c2=O)c(OC)c1. The van der Waals surface area contributed by atoms with Crippen molar-refractivity contribution in [1.82, 2.24) is 14.5 Å². The third-order valence-electron chi connectivity index (χ3n) is 6.93. The first-order valence-corrected chi connectivity index (χ1v) is 13.4. The fraction of sp³-hybridized carbons (Fsp3) is 0.357. The Hall–Kier alpha value is -3.86. The van der Waals surface area contributed by atoms with Crippen LogP contribution in [-0.2, 0) is 17.8 Å². The first-order valence-electron chi connectivity index (χ1n) is 12.6. The summed E-state index contributed by atoms with van der Waals surface area (Å²) in [7, 11) is 2.96. The Kier molecular flexibility index (Phi) is 7.87. The maximum atomic E-state index is 14.1. The number of Topliss-reactive ketones (excluding diaryl/α,β-unsaturated/α-hetero) is 1. The van der Waals surface area contributed by atoms with E-state index < -0.39 is 17.8 Å². The normalized spacial score (nSPS) is 15.3. The van der Waals surface area contributed by atoms with Crippen LogP contribution in [-0.4, -0.2) is 47.1 Å². The lowest BCUT2D eigenvalue weighted by atomic mass is 10.0. The van der Waals surface area contributed by atoms with Gasteiger partial charge in [-0.2, -0.15) is 0 Å². The van der Waals surface area contributed by atoms with Crippen LogP contribution in [0.15, 0.2) is 53.3 Å². The van der Waals surface area contributed by atoms with E-state index in [1.807, 2.05) is 35.2 Å². The minimum absolute atomic E-state index is 0.00858. The Labute approximate surface area is 227 Å². The number of benzene rings is 2. The van der Waals surface area contributed by atoms with Gasteiger partial charge >= 0.3 is 0 Å². The molecule has 39 heavy (non-hydrogen) atoms. The molecule has 3 heterocycles. The quantitative estimate of drug-likeness (QED) is 0.272. The number of hydrogen-bond acceptors (Lipinski definition) is 8. The number of hydrogen-bond donors (Lipinski definition) is 0. The summed E-state index contributed by atoms with van der Waals surface area (Å²) >= 11 is 1.07. The van der Waals surface area contributed by atoms with Gasteiger partial charge in [-0.25, -0.2) is 18.7 Å². The average molecular weight is 555 g/mol. The van der Waals surface area contributed by atoms with Crippen LogP contribution in [0.2, 0.25) is 0 Å². The highest BCUT2D eigenvalue weighted by atomic mass is 32.1. The van der Waals surface area contributed by atoms with Crippen LogP contribution in [0.1, 0.15) is 42.6 Å². The highest BCUT2D eigenvalue weighted by Gasteiger charge is 2.33. The lowest BCUT2D eigenvalue weighted by Gasteiger charge is -2.22. The van der Waals surface area contributed by atoms with Crippen molar-refractivity contribution in [3.8, 4) is 11.5 Å². The molecule has 0 unspecified atom stereocenters. The van der Waals surface area contributed by atoms with E-state index in [-0.39, 0.29) is 28.7 Å². The maximum Gasteiger partial charge on any atom is 0.295 e. The third kappa shape index (κ3) is 5.49. The number of halogens is 2. The highest BCUT2D eigenvalue weighted by molar-refractivity contribution is 7.21. The molecule has 11 heteroatoms. The molecule has 0 saturated carbocycles. The minimum Gasteiger partial charge on any atom is -0.497 e. The molecule has 1 fully saturated rings. The molecule has 1 saturated heterocycles. The van der Waals surface area contributed by atoms with E-state index in [0.29, 0.717) is 48.0 Å². The molecule has 1 aliphatic heterocycles. The molecule has 0 amide bonds. The number of ether oxygens (including phenoxy) is 2. The number of fused-ring (bicyclic) bond motifs is 1. The van der Waals surface area contributed by atoms with Crippen molar-refractivity contribution in [3.63, 3.8) is 0 Å². The van der Waals surface area contributed by atoms with E-state index in [2.05, 4.69) is 9.97 Å². The number of rotatable bonds is 10. The molecule has 0 aliphatic carbocycles. The minimum atomic E-state index is -2.98. The zero-order valence-corrected chi connectivity index (χ0v) is 22.4. The molecule has 4 aromatic rings. The number of aryl methyl sites for hydroxylation is 1. The van der Waals surface area contributed by atoms with E-state index >= 15 is 0 Å². The second-order valence-corrected chi connectivity index (χ2v) is 10.2. The molecular formula is C28H28F2N4O4S. The molecule has 0 spiro atoms. The van der Waals surface area contributed by atoms with Gasteiger partial charge in [0, 0.05) is 24.6 Å². The van der Waals surface area contributed by atoms with Gasteiger partial charge in [0.25, 0.3) is 12.0 Å². The standard InChI is InChI=1S/C28H28F2N4O4S/c1-37-19-12-11-18(22(15-19)38-2)16-34-25(24(29)30)32-26-23(27(34)36)31-28(39-26)33-14-6-9-20(33)21(35)13-10-17-7-4-3-5-8-17/h3-5,7-8,11-12,15,20,24H,6,9-10,13-14,16H2,1-2H3/t20-/m1/s1. The fourth-order valence-corrected chi connectivity index (χ4v) is 5.93. The Morgan fingerprint density at radius 3 is 2.64 bits per heavy atom. The van der Waals surface area contributed by atoms with E-state index in [9.17, 15) is 18.4 Å². The average Bonchev–Trinajstić information content (AvgIpc) is 3.61. The molecule has 2 aromatic carbocycles. The van der Waals surface area contributed by atoms with E-state index in [0.717, 1.165) is 27.9 Å². The predicted molar refractivity (Wildman–Crippen MR) is 145 cm³/mol. The molecule has 1 aliphatic rings. The number of ketones is 1. The van der Waals surface area contributed by atoms with E-state index in [1.54, 1.807) is 18.2 Å². The van der Waals surface area contributed by atoms with Crippen molar-refractivity contribution >= 4 is 32.6 Å². The van der Waals surface area contributed by atoms with Crippen LogP contribution in [0.25, 0.3) is 10.3 Å². The van der Waals surface area contributed by atoms with Gasteiger partial charge in [-0.3, -0.25) is 14.2 Å². The second-order valence-electron chi connectivity index (χ2n) is 9.29. The Balaban J connectivity index is 1.45. The number of carbonyl (C=O) groups excluding carboxylic acids is 1. The lowest BCUT2D eigenvalue weighted by Crippen LogP contribution is -2.36. The number of carbonyl (C=O) groups is 1. The molecule has 8 nitrogen and oxygen atoms in total. The zero-order chi connectivity index (χ0) is 27.5. The van der Waals surface area contributed by atoms with Gasteiger partial charge in [0.2, 0.25) is 0 Å². The van der Waals surface area contributed by atoms with Crippen LogP contribution in [0.5, 0.6) is 11.5 Å². The van der Waals surface area contributed by atoms with Crippen molar-refractivity contribution in [2.45, 2.75) is 44.7 Å². The number of anilines is 1. The smallest absolute Gasteiger partial charge is 0.295 e. The summed E-state index contributed by atoms with van der Waals surface area (Å²) in [5.74, 6) is 0.390. The largest absolute Gasteiger partial charge is 0.497 e. The zero-order valence-electron chi connectivity index (χ0n) is 21.6. The van der Waals surface area contributed by atoms with Crippen LogP contribution in [0.3, 0.4) is 0 Å². The summed E-state index contributed by atoms with van der Waals surface area (Å²) in [5, 5.41) is 0.449. The summed E-state index contributed by atoms with van der Waals surface area (Å²) in [4.78, 5) is 37.3. The first kappa shape index (κ1) is 26.7. The molecule has 5 rings (SSSR count). The van der Waals surface area contributed by atoms with Crippen LogP contribution in [0, 0.1) is 0 Å². The van der Waals surface area contributed by atoms with Crippen molar-refractivity contribution in [1.29, 1.82) is 0 Å². The number of alkyl halides is 2. The fourth-order valence-electron chi connectivity index (χ4n) is 4.92. The number of nitrogens with zero attached hydrogens (tertiary/aromatic N) is 4. The van der Waals surface area contributed by atoms with Crippen molar-refractivity contribution in [3.05, 3.63) is 75.8 Å². The molecule has 1 atom stereocenters. The molecule has 204 valence electrons. The van der Waals surface area contributed by atoms with Crippen molar-refractivity contribution < 1.29 is 23.0 Å². The van der Waals surface area contributed by atoms with Gasteiger partial charge in [0.05, 0.1) is 26.8 Å². The van der Waals surface area contributed by atoms with Crippen molar-refractivity contribution in [2.24, 2.45) is 0 Å². The molecular weight excluding hydrogens is 526 g/mol. The highest BCUT2D eigenvalue weighted by Crippen LogP contribution is 2.34. The molecule has 0 N–H and O–H groups in total. The molecule has 0 radical (unpaired) electrons. The monoisotopic (exact) mass is 554 g/mol. The Bertz CT molecular complexity index is 1540. The Morgan fingerprint density at radius 1 is 1.13 bits per heavy atom. The predicted octanol–water partition coefficient (Wildman–Crippen LogP) is 5.03. The summed E-state index contributed by atoms with van der Waals surface area (Å²) < 4.78 is 39.7. The summed E-state index contributed by atoms with van der Waals surface area (Å²) in [5.41, 5.74) is 0.951. The summed E-state index contributed by atoms with van der Waals surface area (Å²) in [6.45, 7) is 0.423. The maximum absolute atomic E-state index is 14.1. The first-order chi connectivity index (χ1) is 18.9. The number of thiazole rings is 1. The number of aromatic nitrogens is 3. The third-order valence-corrected chi connectivity index (χ3v) is 7.92. The van der Waals surface area contributed by atoms with Crippen LogP contribution < -0.4 is 19.9 Å². The van der Waals surface area contributed by atoms with Crippen LogP contribution in [0.4, 0.5) is 13.9 Å². The van der Waals surface area contributed by atoms with E-state index in [1.165, 1.54) is 14.2 Å². The van der Waals surface area contributed by atoms with Gasteiger partial charge in [-0.1, -0.05) is 41.7 Å². The Morgan fingerprint density at radius 2 is 1.92 bits per heavy atom. The van der Waals surface area contributed by atoms with Gasteiger partial charge in [0.1, 0.15) is 11.5 Å². The van der Waals surface area contributed by atoms with Gasteiger partial charge in [-0.05, 0) is 37.0 Å². The topological polar surface area (TPSA) is 86.5 Å². The van der Waals surface area contributed by atoms with Crippen molar-refractivity contribution in [2.75, 3.05) is 25.7 Å². The van der Waals surface area contributed by atoms with Gasteiger partial charge < -0.3 is 14.4 Å². The molecule has 0 bridgehead atoms.